The third-order valence-electron chi connectivity index (χ3n) is 4.75. The highest BCUT2D eigenvalue weighted by Crippen LogP contribution is 2.26. The van der Waals surface area contributed by atoms with E-state index in [1.165, 1.54) is 6.92 Å². The molecule has 0 radical (unpaired) electrons. The Balaban J connectivity index is 1.69. The van der Waals surface area contributed by atoms with E-state index < -0.39 is 0 Å². The van der Waals surface area contributed by atoms with E-state index in [0.717, 1.165) is 11.1 Å². The molecule has 0 saturated carbocycles. The van der Waals surface area contributed by atoms with Gasteiger partial charge in [-0.2, -0.15) is 0 Å². The first-order valence-corrected chi connectivity index (χ1v) is 9.65. The number of Topliss-reactive ketones (excluding diaryl/α,β-unsaturated/α-hetero) is 1. The number of hydrogen-bond donors (Lipinski definition) is 1. The standard InChI is InChI=1S/C23H23ClN2O3/c1-15(27)16-8-10-17(11-9-16)21-12-13-22(29-21)23(28)25-14-20(26(2)3)18-6-4-5-7-19(18)24/h4-13,20H,14H2,1-3H3,(H,25,28). The summed E-state index contributed by atoms with van der Waals surface area (Å²) in [6.45, 7) is 1.91. The SMILES string of the molecule is CC(=O)c1ccc(-c2ccc(C(=O)NCC(c3ccccc3Cl)N(C)C)o2)cc1. The third-order valence-corrected chi connectivity index (χ3v) is 5.09. The van der Waals surface area contributed by atoms with E-state index in [-0.39, 0.29) is 23.5 Å². The molecule has 0 aliphatic carbocycles. The Morgan fingerprint density at radius 3 is 2.34 bits per heavy atom. The highest BCUT2D eigenvalue weighted by molar-refractivity contribution is 6.31. The van der Waals surface area contributed by atoms with Gasteiger partial charge in [0.05, 0.1) is 6.04 Å². The molecule has 0 saturated heterocycles. The molecule has 0 spiro atoms. The number of amides is 1. The summed E-state index contributed by atoms with van der Waals surface area (Å²) in [4.78, 5) is 26.0. The van der Waals surface area contributed by atoms with E-state index in [2.05, 4.69) is 5.32 Å². The number of halogens is 1. The number of likely N-dealkylation sites (N-methyl/N-ethyl adjacent to an activating group) is 1. The molecule has 0 fully saturated rings. The van der Waals surface area contributed by atoms with Crippen LogP contribution in [0.4, 0.5) is 0 Å². The molecule has 1 unspecified atom stereocenters. The molecule has 3 rings (SSSR count). The molecule has 0 aliphatic rings. The molecule has 0 bridgehead atoms. The van der Waals surface area contributed by atoms with Crippen molar-refractivity contribution in [2.45, 2.75) is 13.0 Å². The molecule has 2 aromatic carbocycles. The summed E-state index contributed by atoms with van der Waals surface area (Å²) >= 11 is 6.32. The minimum atomic E-state index is -0.296. The fourth-order valence-electron chi connectivity index (χ4n) is 3.08. The number of carbonyl (C=O) groups is 2. The molecule has 1 aromatic heterocycles. The van der Waals surface area contributed by atoms with Crippen molar-refractivity contribution in [2.75, 3.05) is 20.6 Å². The van der Waals surface area contributed by atoms with Gasteiger partial charge in [0.25, 0.3) is 5.91 Å². The number of nitrogens with zero attached hydrogens (tertiary/aromatic N) is 1. The van der Waals surface area contributed by atoms with Crippen LogP contribution in [-0.4, -0.2) is 37.2 Å². The number of nitrogens with one attached hydrogen (secondary N) is 1. The third kappa shape index (κ3) is 4.94. The van der Waals surface area contributed by atoms with Gasteiger partial charge in [0.15, 0.2) is 11.5 Å². The molecule has 1 N–H and O–H groups in total. The molecule has 1 atom stereocenters. The Labute approximate surface area is 175 Å². The Kier molecular flexibility index (Phi) is 6.52. The lowest BCUT2D eigenvalue weighted by Gasteiger charge is -2.25. The van der Waals surface area contributed by atoms with Crippen molar-refractivity contribution < 1.29 is 14.0 Å². The predicted octanol–water partition coefficient (Wildman–Crippen LogP) is 4.84. The van der Waals surface area contributed by atoms with Gasteiger partial charge in [-0.05, 0) is 44.8 Å². The minimum Gasteiger partial charge on any atom is -0.451 e. The summed E-state index contributed by atoms with van der Waals surface area (Å²) in [5.41, 5.74) is 2.38. The zero-order valence-corrected chi connectivity index (χ0v) is 17.4. The van der Waals surface area contributed by atoms with Crippen LogP contribution in [0.25, 0.3) is 11.3 Å². The Morgan fingerprint density at radius 1 is 1.03 bits per heavy atom. The first kappa shape index (κ1) is 20.8. The van der Waals surface area contributed by atoms with E-state index in [4.69, 9.17) is 16.0 Å². The van der Waals surface area contributed by atoms with Gasteiger partial charge in [0.1, 0.15) is 5.76 Å². The van der Waals surface area contributed by atoms with E-state index in [0.29, 0.717) is 22.9 Å². The van der Waals surface area contributed by atoms with Crippen molar-refractivity contribution in [3.8, 4) is 11.3 Å². The van der Waals surface area contributed by atoms with Gasteiger partial charge < -0.3 is 14.6 Å². The Hall–Kier alpha value is -2.89. The fraction of sp³-hybridized carbons (Fsp3) is 0.217. The molecule has 6 heteroatoms. The van der Waals surface area contributed by atoms with Crippen LogP contribution < -0.4 is 5.32 Å². The number of benzene rings is 2. The Morgan fingerprint density at radius 2 is 1.72 bits per heavy atom. The van der Waals surface area contributed by atoms with Crippen molar-refractivity contribution in [2.24, 2.45) is 0 Å². The van der Waals surface area contributed by atoms with Crippen LogP contribution in [-0.2, 0) is 0 Å². The maximum absolute atomic E-state index is 12.6. The number of furan rings is 1. The van der Waals surface area contributed by atoms with Crippen molar-refractivity contribution in [3.05, 3.63) is 82.6 Å². The van der Waals surface area contributed by atoms with Crippen molar-refractivity contribution in [1.29, 1.82) is 0 Å². The van der Waals surface area contributed by atoms with Crippen LogP contribution in [0.5, 0.6) is 0 Å². The van der Waals surface area contributed by atoms with Gasteiger partial charge in [-0.25, -0.2) is 0 Å². The molecular weight excluding hydrogens is 388 g/mol. The van der Waals surface area contributed by atoms with E-state index in [1.54, 1.807) is 36.4 Å². The van der Waals surface area contributed by atoms with Crippen LogP contribution in [0.15, 0.2) is 65.1 Å². The van der Waals surface area contributed by atoms with E-state index in [9.17, 15) is 9.59 Å². The van der Waals surface area contributed by atoms with Gasteiger partial charge in [-0.3, -0.25) is 9.59 Å². The topological polar surface area (TPSA) is 62.6 Å². The smallest absolute Gasteiger partial charge is 0.287 e. The summed E-state index contributed by atoms with van der Waals surface area (Å²) in [6, 6.07) is 18.0. The Bertz CT molecular complexity index is 1010. The maximum atomic E-state index is 12.6. The molecule has 29 heavy (non-hydrogen) atoms. The first-order valence-electron chi connectivity index (χ1n) is 9.27. The van der Waals surface area contributed by atoms with Gasteiger partial charge in [0, 0.05) is 22.7 Å². The quantitative estimate of drug-likeness (QED) is 0.566. The molecule has 150 valence electrons. The highest BCUT2D eigenvalue weighted by Gasteiger charge is 2.19. The van der Waals surface area contributed by atoms with Gasteiger partial charge in [-0.1, -0.05) is 54.1 Å². The molecule has 1 amide bonds. The molecule has 3 aromatic rings. The lowest BCUT2D eigenvalue weighted by atomic mass is 10.1. The van der Waals surface area contributed by atoms with Crippen molar-refractivity contribution in [1.82, 2.24) is 10.2 Å². The summed E-state index contributed by atoms with van der Waals surface area (Å²) in [5.74, 6) is 0.508. The highest BCUT2D eigenvalue weighted by atomic mass is 35.5. The second-order valence-electron chi connectivity index (χ2n) is 7.01. The largest absolute Gasteiger partial charge is 0.451 e. The van der Waals surface area contributed by atoms with Gasteiger partial charge >= 0.3 is 0 Å². The summed E-state index contributed by atoms with van der Waals surface area (Å²) in [5, 5.41) is 3.58. The van der Waals surface area contributed by atoms with Gasteiger partial charge in [-0.15, -0.1) is 0 Å². The molecule has 5 nitrogen and oxygen atoms in total. The summed E-state index contributed by atoms with van der Waals surface area (Å²) in [6.07, 6.45) is 0. The summed E-state index contributed by atoms with van der Waals surface area (Å²) < 4.78 is 5.72. The monoisotopic (exact) mass is 410 g/mol. The average molecular weight is 411 g/mol. The number of hydrogen-bond acceptors (Lipinski definition) is 4. The lowest BCUT2D eigenvalue weighted by molar-refractivity contribution is 0.0914. The van der Waals surface area contributed by atoms with Crippen molar-refractivity contribution in [3.63, 3.8) is 0 Å². The van der Waals surface area contributed by atoms with Crippen LogP contribution >= 0.6 is 11.6 Å². The predicted molar refractivity (Wildman–Crippen MR) is 114 cm³/mol. The van der Waals surface area contributed by atoms with Crippen molar-refractivity contribution >= 4 is 23.3 Å². The molecule has 0 aliphatic heterocycles. The fourth-order valence-corrected chi connectivity index (χ4v) is 3.34. The normalized spacial score (nSPS) is 12.0. The zero-order valence-electron chi connectivity index (χ0n) is 16.6. The number of carbonyl (C=O) groups excluding carboxylic acids is 2. The van der Waals surface area contributed by atoms with Crippen LogP contribution in [0.2, 0.25) is 5.02 Å². The lowest BCUT2D eigenvalue weighted by Crippen LogP contribution is -2.34. The second kappa shape index (κ2) is 9.07. The first-order chi connectivity index (χ1) is 13.9. The number of rotatable bonds is 7. The minimum absolute atomic E-state index is 0.00466. The van der Waals surface area contributed by atoms with E-state index >= 15 is 0 Å². The maximum Gasteiger partial charge on any atom is 0.287 e. The zero-order chi connectivity index (χ0) is 21.0. The second-order valence-corrected chi connectivity index (χ2v) is 7.42. The number of ketones is 1. The molecular formula is C23H23ClN2O3. The average Bonchev–Trinajstić information content (AvgIpc) is 3.19. The molecule has 1 heterocycles. The van der Waals surface area contributed by atoms with Crippen LogP contribution in [0, 0.1) is 0 Å². The van der Waals surface area contributed by atoms with E-state index in [1.807, 2.05) is 43.3 Å². The van der Waals surface area contributed by atoms with Gasteiger partial charge in [0.2, 0.25) is 0 Å². The summed E-state index contributed by atoms with van der Waals surface area (Å²) in [7, 11) is 3.88. The van der Waals surface area contributed by atoms with Crippen LogP contribution in [0.3, 0.4) is 0 Å². The van der Waals surface area contributed by atoms with Crippen LogP contribution in [0.1, 0.15) is 39.4 Å².